The summed E-state index contributed by atoms with van der Waals surface area (Å²) in [5, 5.41) is 10.4. The molecule has 2 aromatic carbocycles. The number of aliphatic hydroxyl groups excluding tert-OH is 1. The van der Waals surface area contributed by atoms with Crippen LogP contribution >= 0.6 is 34.2 Å². The minimum absolute atomic E-state index is 0.232. The van der Waals surface area contributed by atoms with Crippen molar-refractivity contribution in [2.24, 2.45) is 0 Å². The molecule has 2 rings (SSSR count). The Hall–Kier alpha value is -0.650. The van der Waals surface area contributed by atoms with Gasteiger partial charge in [-0.1, -0.05) is 29.8 Å². The van der Waals surface area contributed by atoms with Crippen LogP contribution in [-0.2, 0) is 0 Å². The van der Waals surface area contributed by atoms with Crippen LogP contribution in [0.5, 0.6) is 0 Å². The Morgan fingerprint density at radius 2 is 1.76 bits per heavy atom. The van der Waals surface area contributed by atoms with E-state index in [1.165, 1.54) is 12.1 Å². The summed E-state index contributed by atoms with van der Waals surface area (Å²) in [5.41, 5.74) is 0.891. The molecular formula is C13H9ClFIO. The summed E-state index contributed by atoms with van der Waals surface area (Å²) in [6, 6.07) is 11.6. The van der Waals surface area contributed by atoms with Crippen molar-refractivity contribution in [3.05, 3.63) is 68.0 Å². The first kappa shape index (κ1) is 12.8. The fraction of sp³-hybridized carbons (Fsp3) is 0.0769. The van der Waals surface area contributed by atoms with Crippen molar-refractivity contribution in [1.82, 2.24) is 0 Å². The molecule has 1 nitrogen and oxygen atoms in total. The number of halogens is 3. The second-order valence-electron chi connectivity index (χ2n) is 3.62. The molecule has 0 heterocycles. The Bertz CT molecular complexity index is 527. The van der Waals surface area contributed by atoms with Gasteiger partial charge in [-0.15, -0.1) is 0 Å². The Labute approximate surface area is 117 Å². The monoisotopic (exact) mass is 362 g/mol. The van der Waals surface area contributed by atoms with Gasteiger partial charge < -0.3 is 5.11 Å². The summed E-state index contributed by atoms with van der Waals surface area (Å²) in [4.78, 5) is 0. The zero-order valence-electron chi connectivity index (χ0n) is 8.70. The Kier molecular flexibility index (Phi) is 4.01. The predicted octanol–water partition coefficient (Wildman–Crippen LogP) is 4.17. The fourth-order valence-electron chi connectivity index (χ4n) is 1.55. The maximum absolute atomic E-state index is 13.6. The number of hydrogen-bond acceptors (Lipinski definition) is 1. The molecule has 0 saturated carbocycles. The normalized spacial score (nSPS) is 12.5. The zero-order chi connectivity index (χ0) is 12.4. The van der Waals surface area contributed by atoms with E-state index < -0.39 is 11.9 Å². The quantitative estimate of drug-likeness (QED) is 0.795. The first-order valence-electron chi connectivity index (χ1n) is 4.96. The third kappa shape index (κ3) is 2.97. The first-order valence-corrected chi connectivity index (χ1v) is 6.42. The summed E-state index contributed by atoms with van der Waals surface area (Å²) < 4.78 is 14.7. The van der Waals surface area contributed by atoms with Gasteiger partial charge in [0.05, 0.1) is 0 Å². The Morgan fingerprint density at radius 3 is 2.35 bits per heavy atom. The van der Waals surface area contributed by atoms with Crippen molar-refractivity contribution >= 4 is 34.2 Å². The van der Waals surface area contributed by atoms with Crippen LogP contribution in [0.15, 0.2) is 42.5 Å². The SMILES string of the molecule is OC(c1ccc(I)cc1)c1ccc(Cl)cc1F. The minimum atomic E-state index is -0.968. The van der Waals surface area contributed by atoms with E-state index in [1.807, 2.05) is 12.1 Å². The van der Waals surface area contributed by atoms with Gasteiger partial charge in [-0.25, -0.2) is 4.39 Å². The lowest BCUT2D eigenvalue weighted by Crippen LogP contribution is -2.02. The van der Waals surface area contributed by atoms with Crippen LogP contribution in [0.25, 0.3) is 0 Å². The van der Waals surface area contributed by atoms with E-state index in [0.29, 0.717) is 10.6 Å². The average Bonchev–Trinajstić information content (AvgIpc) is 2.29. The molecule has 17 heavy (non-hydrogen) atoms. The Balaban J connectivity index is 2.36. The molecule has 0 fully saturated rings. The van der Waals surface area contributed by atoms with Crippen LogP contribution in [0.3, 0.4) is 0 Å². The standard InChI is InChI=1S/C13H9ClFIO/c14-9-3-6-11(12(15)7-9)13(17)8-1-4-10(16)5-2-8/h1-7,13,17H. The molecule has 0 radical (unpaired) electrons. The molecule has 0 aliphatic carbocycles. The lowest BCUT2D eigenvalue weighted by atomic mass is 10.0. The molecule has 1 atom stereocenters. The maximum atomic E-state index is 13.6. The highest BCUT2D eigenvalue weighted by atomic mass is 127. The summed E-state index contributed by atoms with van der Waals surface area (Å²) in [6.45, 7) is 0. The van der Waals surface area contributed by atoms with E-state index in [0.717, 1.165) is 3.57 Å². The number of aliphatic hydroxyl groups is 1. The predicted molar refractivity (Wildman–Crippen MR) is 74.6 cm³/mol. The van der Waals surface area contributed by atoms with Gasteiger partial charge in [0.2, 0.25) is 0 Å². The minimum Gasteiger partial charge on any atom is -0.384 e. The van der Waals surface area contributed by atoms with E-state index in [9.17, 15) is 9.50 Å². The molecular weight excluding hydrogens is 353 g/mol. The molecule has 0 bridgehead atoms. The van der Waals surface area contributed by atoms with Crippen molar-refractivity contribution in [1.29, 1.82) is 0 Å². The van der Waals surface area contributed by atoms with Crippen molar-refractivity contribution in [2.45, 2.75) is 6.10 Å². The molecule has 0 aliphatic heterocycles. The van der Waals surface area contributed by atoms with Crippen LogP contribution in [0.4, 0.5) is 4.39 Å². The van der Waals surface area contributed by atoms with Crippen LogP contribution in [0.2, 0.25) is 5.02 Å². The van der Waals surface area contributed by atoms with Gasteiger partial charge >= 0.3 is 0 Å². The summed E-state index contributed by atoms with van der Waals surface area (Å²) in [7, 11) is 0. The lowest BCUT2D eigenvalue weighted by Gasteiger charge is -2.12. The molecule has 0 spiro atoms. The molecule has 2 aromatic rings. The maximum Gasteiger partial charge on any atom is 0.130 e. The lowest BCUT2D eigenvalue weighted by molar-refractivity contribution is 0.215. The molecule has 0 aliphatic rings. The van der Waals surface area contributed by atoms with Crippen molar-refractivity contribution in [3.8, 4) is 0 Å². The molecule has 88 valence electrons. The van der Waals surface area contributed by atoms with Gasteiger partial charge in [-0.2, -0.15) is 0 Å². The second-order valence-corrected chi connectivity index (χ2v) is 5.30. The number of benzene rings is 2. The van der Waals surface area contributed by atoms with E-state index in [-0.39, 0.29) is 5.56 Å². The fourth-order valence-corrected chi connectivity index (χ4v) is 2.07. The molecule has 0 saturated heterocycles. The molecule has 0 aromatic heterocycles. The topological polar surface area (TPSA) is 20.2 Å². The number of hydrogen-bond donors (Lipinski definition) is 1. The molecule has 0 amide bonds. The molecule has 4 heteroatoms. The van der Waals surface area contributed by atoms with Gasteiger partial charge in [0.1, 0.15) is 11.9 Å². The van der Waals surface area contributed by atoms with E-state index in [4.69, 9.17) is 11.6 Å². The van der Waals surface area contributed by atoms with Crippen molar-refractivity contribution in [2.75, 3.05) is 0 Å². The third-order valence-corrected chi connectivity index (χ3v) is 3.40. The first-order chi connectivity index (χ1) is 8.08. The van der Waals surface area contributed by atoms with Gasteiger partial charge in [0.25, 0.3) is 0 Å². The van der Waals surface area contributed by atoms with Crippen LogP contribution < -0.4 is 0 Å². The molecule has 1 N–H and O–H groups in total. The summed E-state index contributed by atoms with van der Waals surface area (Å²) >= 11 is 7.84. The van der Waals surface area contributed by atoms with Gasteiger partial charge in [-0.3, -0.25) is 0 Å². The Morgan fingerprint density at radius 1 is 1.12 bits per heavy atom. The summed E-state index contributed by atoms with van der Waals surface area (Å²) in [5.74, 6) is -0.497. The summed E-state index contributed by atoms with van der Waals surface area (Å²) in [6.07, 6.45) is -0.968. The third-order valence-electron chi connectivity index (χ3n) is 2.44. The van der Waals surface area contributed by atoms with Gasteiger partial charge in [0.15, 0.2) is 0 Å². The van der Waals surface area contributed by atoms with Crippen molar-refractivity contribution in [3.63, 3.8) is 0 Å². The highest BCUT2D eigenvalue weighted by Crippen LogP contribution is 2.26. The number of rotatable bonds is 2. The van der Waals surface area contributed by atoms with Crippen LogP contribution in [0, 0.1) is 9.39 Å². The largest absolute Gasteiger partial charge is 0.384 e. The highest BCUT2D eigenvalue weighted by molar-refractivity contribution is 14.1. The van der Waals surface area contributed by atoms with E-state index in [1.54, 1.807) is 18.2 Å². The average molecular weight is 363 g/mol. The van der Waals surface area contributed by atoms with Crippen molar-refractivity contribution < 1.29 is 9.50 Å². The highest BCUT2D eigenvalue weighted by Gasteiger charge is 2.14. The zero-order valence-corrected chi connectivity index (χ0v) is 11.6. The van der Waals surface area contributed by atoms with Gasteiger partial charge in [0, 0.05) is 14.2 Å². The smallest absolute Gasteiger partial charge is 0.130 e. The van der Waals surface area contributed by atoms with Crippen LogP contribution in [0.1, 0.15) is 17.2 Å². The van der Waals surface area contributed by atoms with E-state index >= 15 is 0 Å². The molecule has 1 unspecified atom stereocenters. The van der Waals surface area contributed by atoms with Gasteiger partial charge in [-0.05, 0) is 52.4 Å². The van der Waals surface area contributed by atoms with E-state index in [2.05, 4.69) is 22.6 Å². The second kappa shape index (κ2) is 5.33. The van der Waals surface area contributed by atoms with Crippen LogP contribution in [-0.4, -0.2) is 5.11 Å².